The molecule has 1 aliphatic heterocycles. The van der Waals surface area contributed by atoms with Gasteiger partial charge in [0.2, 0.25) is 0 Å². The average molecular weight is 335 g/mol. The molecule has 0 aliphatic carbocycles. The molecule has 3 rings (SSSR count). The number of benzene rings is 1. The zero-order valence-corrected chi connectivity index (χ0v) is 13.7. The number of nitrogens with one attached hydrogen (secondary N) is 1. The second-order valence-corrected chi connectivity index (χ2v) is 5.85. The van der Waals surface area contributed by atoms with E-state index in [1.165, 1.54) is 0 Å². The summed E-state index contributed by atoms with van der Waals surface area (Å²) in [5.41, 5.74) is 2.62. The Morgan fingerprint density at radius 3 is 2.96 bits per heavy atom. The Bertz CT molecular complexity index is 706. The first-order valence-corrected chi connectivity index (χ1v) is 7.95. The van der Waals surface area contributed by atoms with Gasteiger partial charge in [0.25, 0.3) is 0 Å². The minimum absolute atomic E-state index is 0.213. The van der Waals surface area contributed by atoms with Crippen LogP contribution in [0.2, 0.25) is 5.02 Å². The van der Waals surface area contributed by atoms with Crippen molar-refractivity contribution in [3.8, 4) is 17.2 Å². The summed E-state index contributed by atoms with van der Waals surface area (Å²) in [5, 5.41) is 13.6. The predicted molar refractivity (Wildman–Crippen MR) is 88.5 cm³/mol. The van der Waals surface area contributed by atoms with E-state index < -0.39 is 0 Å². The number of aromatic nitrogens is 1. The molecule has 0 fully saturated rings. The molecule has 1 aromatic heterocycles. The Morgan fingerprint density at radius 2 is 2.09 bits per heavy atom. The molecule has 122 valence electrons. The fourth-order valence-corrected chi connectivity index (χ4v) is 2.77. The molecule has 0 amide bonds. The standard InChI is InChI=1S/C17H19ClN2O3/c1-11-2-3-15(21)14(20-11)10-19-5-4-12-8-13(18)17-16(9-12)22-6-7-23-17/h2-3,8-9,19,21H,4-7,10H2,1H3. The number of aryl methyl sites for hydroxylation is 1. The zero-order valence-electron chi connectivity index (χ0n) is 12.9. The number of nitrogens with zero attached hydrogens (tertiary/aromatic N) is 1. The van der Waals surface area contributed by atoms with Crippen molar-refractivity contribution in [3.05, 3.63) is 46.2 Å². The van der Waals surface area contributed by atoms with Gasteiger partial charge < -0.3 is 19.9 Å². The Hall–Kier alpha value is -1.98. The monoisotopic (exact) mass is 334 g/mol. The third kappa shape index (κ3) is 3.86. The van der Waals surface area contributed by atoms with Crippen molar-refractivity contribution in [2.45, 2.75) is 19.9 Å². The molecule has 2 N–H and O–H groups in total. The predicted octanol–water partition coefficient (Wildman–Crippen LogP) is 2.85. The van der Waals surface area contributed by atoms with E-state index in [-0.39, 0.29) is 5.75 Å². The molecule has 0 bridgehead atoms. The summed E-state index contributed by atoms with van der Waals surface area (Å²) in [5.74, 6) is 1.55. The lowest BCUT2D eigenvalue weighted by Crippen LogP contribution is -2.18. The summed E-state index contributed by atoms with van der Waals surface area (Å²) in [6.07, 6.45) is 0.795. The van der Waals surface area contributed by atoms with Crippen LogP contribution in [0.25, 0.3) is 0 Å². The second-order valence-electron chi connectivity index (χ2n) is 5.45. The van der Waals surface area contributed by atoms with E-state index in [0.717, 1.165) is 24.2 Å². The molecule has 1 aliphatic rings. The van der Waals surface area contributed by atoms with Crippen molar-refractivity contribution in [2.75, 3.05) is 19.8 Å². The van der Waals surface area contributed by atoms with Crippen LogP contribution in [0.5, 0.6) is 17.2 Å². The largest absolute Gasteiger partial charge is 0.506 e. The Labute approximate surface area is 140 Å². The number of ether oxygens (including phenoxy) is 2. The summed E-state index contributed by atoms with van der Waals surface area (Å²) >= 11 is 6.23. The number of pyridine rings is 1. The third-order valence-electron chi connectivity index (χ3n) is 3.63. The first-order chi connectivity index (χ1) is 11.1. The van der Waals surface area contributed by atoms with Crippen LogP contribution < -0.4 is 14.8 Å². The maximum absolute atomic E-state index is 9.77. The highest BCUT2D eigenvalue weighted by Gasteiger charge is 2.16. The molecule has 2 heterocycles. The van der Waals surface area contributed by atoms with Crippen LogP contribution in [0.4, 0.5) is 0 Å². The van der Waals surface area contributed by atoms with Gasteiger partial charge in [-0.05, 0) is 49.7 Å². The molecule has 0 saturated heterocycles. The first kappa shape index (κ1) is 15.9. The molecule has 2 aromatic rings. The third-order valence-corrected chi connectivity index (χ3v) is 3.91. The molecule has 5 nitrogen and oxygen atoms in total. The first-order valence-electron chi connectivity index (χ1n) is 7.57. The number of halogens is 1. The number of aromatic hydroxyl groups is 1. The van der Waals surface area contributed by atoms with Gasteiger partial charge in [-0.1, -0.05) is 11.6 Å². The molecular weight excluding hydrogens is 316 g/mol. The molecular formula is C17H19ClN2O3. The number of hydrogen-bond donors (Lipinski definition) is 2. The number of hydrogen-bond acceptors (Lipinski definition) is 5. The SMILES string of the molecule is Cc1ccc(O)c(CNCCc2cc(Cl)c3c(c2)OCCO3)n1. The van der Waals surface area contributed by atoms with Crippen molar-refractivity contribution in [1.29, 1.82) is 0 Å². The maximum atomic E-state index is 9.77. The van der Waals surface area contributed by atoms with Gasteiger partial charge in [0.15, 0.2) is 11.5 Å². The Kier molecular flexibility index (Phi) is 4.88. The Morgan fingerprint density at radius 1 is 1.26 bits per heavy atom. The van der Waals surface area contributed by atoms with E-state index in [1.54, 1.807) is 12.1 Å². The highest BCUT2D eigenvalue weighted by molar-refractivity contribution is 6.32. The molecule has 23 heavy (non-hydrogen) atoms. The van der Waals surface area contributed by atoms with Gasteiger partial charge in [0.1, 0.15) is 19.0 Å². The zero-order chi connectivity index (χ0) is 16.2. The van der Waals surface area contributed by atoms with E-state index in [1.807, 2.05) is 19.1 Å². The lowest BCUT2D eigenvalue weighted by atomic mass is 10.1. The fraction of sp³-hybridized carbons (Fsp3) is 0.353. The fourth-order valence-electron chi connectivity index (χ4n) is 2.48. The summed E-state index contributed by atoms with van der Waals surface area (Å²) in [6.45, 7) is 4.24. The highest BCUT2D eigenvalue weighted by Crippen LogP contribution is 2.38. The van der Waals surface area contributed by atoms with Crippen LogP contribution in [0.15, 0.2) is 24.3 Å². The molecule has 1 aromatic carbocycles. The van der Waals surface area contributed by atoms with Crippen molar-refractivity contribution in [3.63, 3.8) is 0 Å². The quantitative estimate of drug-likeness (QED) is 0.823. The van der Waals surface area contributed by atoms with Crippen LogP contribution in [-0.2, 0) is 13.0 Å². The lowest BCUT2D eigenvalue weighted by molar-refractivity contribution is 0.171. The van der Waals surface area contributed by atoms with Crippen LogP contribution in [0.1, 0.15) is 17.0 Å². The van der Waals surface area contributed by atoms with Gasteiger partial charge in [-0.3, -0.25) is 4.98 Å². The van der Waals surface area contributed by atoms with Gasteiger partial charge in [0, 0.05) is 12.2 Å². The van der Waals surface area contributed by atoms with Crippen LogP contribution in [0.3, 0.4) is 0 Å². The van der Waals surface area contributed by atoms with E-state index >= 15 is 0 Å². The van der Waals surface area contributed by atoms with Crippen LogP contribution in [0, 0.1) is 6.92 Å². The Balaban J connectivity index is 1.57. The molecule has 6 heteroatoms. The van der Waals surface area contributed by atoms with E-state index in [4.69, 9.17) is 21.1 Å². The smallest absolute Gasteiger partial charge is 0.179 e. The summed E-state index contributed by atoms with van der Waals surface area (Å²) < 4.78 is 11.1. The topological polar surface area (TPSA) is 63.6 Å². The van der Waals surface area contributed by atoms with E-state index in [9.17, 15) is 5.11 Å². The summed E-state index contributed by atoms with van der Waals surface area (Å²) in [4.78, 5) is 4.32. The van der Waals surface area contributed by atoms with Crippen LogP contribution in [-0.4, -0.2) is 29.8 Å². The van der Waals surface area contributed by atoms with Gasteiger partial charge in [0.05, 0.1) is 10.7 Å². The lowest BCUT2D eigenvalue weighted by Gasteiger charge is -2.20. The molecule has 0 saturated carbocycles. The minimum atomic E-state index is 0.213. The van der Waals surface area contributed by atoms with Gasteiger partial charge in [-0.2, -0.15) is 0 Å². The summed E-state index contributed by atoms with van der Waals surface area (Å²) in [6, 6.07) is 7.32. The number of rotatable bonds is 5. The van der Waals surface area contributed by atoms with E-state index in [0.29, 0.717) is 42.0 Å². The van der Waals surface area contributed by atoms with Gasteiger partial charge >= 0.3 is 0 Å². The van der Waals surface area contributed by atoms with Crippen molar-refractivity contribution in [1.82, 2.24) is 10.3 Å². The van der Waals surface area contributed by atoms with Crippen molar-refractivity contribution < 1.29 is 14.6 Å². The van der Waals surface area contributed by atoms with E-state index in [2.05, 4.69) is 10.3 Å². The van der Waals surface area contributed by atoms with Gasteiger partial charge in [-0.15, -0.1) is 0 Å². The summed E-state index contributed by atoms with van der Waals surface area (Å²) in [7, 11) is 0. The minimum Gasteiger partial charge on any atom is -0.506 e. The average Bonchev–Trinajstić information content (AvgIpc) is 2.55. The molecule has 0 atom stereocenters. The highest BCUT2D eigenvalue weighted by atomic mass is 35.5. The van der Waals surface area contributed by atoms with Crippen molar-refractivity contribution >= 4 is 11.6 Å². The van der Waals surface area contributed by atoms with Crippen molar-refractivity contribution in [2.24, 2.45) is 0 Å². The van der Waals surface area contributed by atoms with Gasteiger partial charge in [-0.25, -0.2) is 0 Å². The van der Waals surface area contributed by atoms with Crippen LogP contribution >= 0.6 is 11.6 Å². The molecule has 0 spiro atoms. The maximum Gasteiger partial charge on any atom is 0.179 e. The second kappa shape index (κ2) is 7.06. The normalized spacial score (nSPS) is 13.1. The number of fused-ring (bicyclic) bond motifs is 1. The molecule has 0 unspecified atom stereocenters. The molecule has 0 radical (unpaired) electrons.